The van der Waals surface area contributed by atoms with E-state index in [0.29, 0.717) is 84.0 Å². The van der Waals surface area contributed by atoms with Crippen LogP contribution in [0.15, 0.2) is 97.1 Å². The van der Waals surface area contributed by atoms with E-state index in [9.17, 15) is 4.79 Å². The van der Waals surface area contributed by atoms with Gasteiger partial charge in [0.2, 0.25) is 0 Å². The number of carbonyl (C=O) groups excluding carboxylic acids is 8. The second-order valence-electron chi connectivity index (χ2n) is 26.7. The van der Waals surface area contributed by atoms with Crippen molar-refractivity contribution in [2.24, 2.45) is 0 Å². The normalized spacial score (nSPS) is 15.0. The summed E-state index contributed by atoms with van der Waals surface area (Å²) in [4.78, 5) is 130. The molecule has 0 saturated carbocycles. The largest absolute Gasteiger partial charge is 0.274 e. The van der Waals surface area contributed by atoms with Crippen molar-refractivity contribution in [1.82, 2.24) is 9.80 Å². The third-order valence-electron chi connectivity index (χ3n) is 19.8. The first kappa shape index (κ1) is 60.0. The average Bonchev–Trinajstić information content (AvgIpc) is 0.683. The molecule has 90 heavy (non-hydrogen) atoms. The predicted octanol–water partition coefficient (Wildman–Crippen LogP) is 18.6. The molecule has 0 aromatic heterocycles. The summed E-state index contributed by atoms with van der Waals surface area (Å²) in [5.74, 6) is -4.38. The fourth-order valence-electron chi connectivity index (χ4n) is 15.3. The molecule has 0 N–H and O–H groups in total. The van der Waals surface area contributed by atoms with Gasteiger partial charge in [0.15, 0.2) is 0 Å². The molecule has 4 heterocycles. The van der Waals surface area contributed by atoms with Crippen molar-refractivity contribution in [2.75, 3.05) is 22.9 Å². The van der Waals surface area contributed by atoms with E-state index in [0.717, 1.165) is 86.5 Å². The minimum absolute atomic E-state index is 0.0227. The highest BCUT2D eigenvalue weighted by atomic mass is 16.2. The maximum Gasteiger partial charge on any atom is 0.266 e. The van der Waals surface area contributed by atoms with Crippen LogP contribution in [-0.4, -0.2) is 70.1 Å². The van der Waals surface area contributed by atoms with Crippen molar-refractivity contribution in [1.29, 1.82) is 0 Å². The van der Waals surface area contributed by atoms with Gasteiger partial charge in [0, 0.05) is 73.6 Å². The van der Waals surface area contributed by atoms with E-state index in [2.05, 4.69) is 41.5 Å². The van der Waals surface area contributed by atoms with Gasteiger partial charge in [-0.2, -0.15) is 0 Å². The summed E-state index contributed by atoms with van der Waals surface area (Å²) in [6, 6.07) is 29.5. The topological polar surface area (TPSA) is 150 Å². The third kappa shape index (κ3) is 9.03. The Hall–Kier alpha value is -8.90. The molecule has 0 atom stereocenters. The standard InChI is InChI=1S/C78H78N4O8/c1-11-13-15-17-19-21-37-79-71(83)52-35-36-56-67-64(52)59(73(79)85)40-58(68(67)78(90)80(72(56)84)38-22-20-18-16-14-12-2)57-39-60-65-55(76(88)82(77(60)89)70-47(43(7)8)27-24-28-48(70)44(9)10)33-30-50-49-29-32-53-63-54(34-31-51(61(49)63)62(57)66(50)65)75(87)81(74(53)86)69-45(41(3)4)25-23-26-46(69)42(5)6/h23-36,39-44H,11-22,37-38H2,1-10H3. The highest BCUT2D eigenvalue weighted by molar-refractivity contribution is 6.47. The summed E-state index contributed by atoms with van der Waals surface area (Å²) in [5.41, 5.74) is 6.91. The highest BCUT2D eigenvalue weighted by Crippen LogP contribution is 2.54. The zero-order chi connectivity index (χ0) is 63.5. The van der Waals surface area contributed by atoms with Crippen LogP contribution in [0.4, 0.5) is 11.4 Å². The molecule has 9 aromatic rings. The Morgan fingerprint density at radius 3 is 1.09 bits per heavy atom. The molecule has 9 aromatic carbocycles. The van der Waals surface area contributed by atoms with E-state index in [1.807, 2.05) is 82.3 Å². The Labute approximate surface area is 525 Å². The van der Waals surface area contributed by atoms with Crippen LogP contribution in [0.1, 0.15) is 275 Å². The number of hydrogen-bond donors (Lipinski definition) is 0. The molecule has 0 radical (unpaired) electrons. The van der Waals surface area contributed by atoms with Crippen molar-refractivity contribution in [3.8, 4) is 11.1 Å². The van der Waals surface area contributed by atoms with Crippen molar-refractivity contribution in [3.05, 3.63) is 164 Å². The fraction of sp³-hybridized carbons (Fsp3) is 0.359. The number of hydrogen-bond acceptors (Lipinski definition) is 8. The van der Waals surface area contributed by atoms with E-state index in [4.69, 9.17) is 0 Å². The Bertz CT molecular complexity index is 4550. The van der Waals surface area contributed by atoms with Crippen molar-refractivity contribution < 1.29 is 38.4 Å². The monoisotopic (exact) mass is 1200 g/mol. The van der Waals surface area contributed by atoms with Gasteiger partial charge in [-0.05, 0) is 145 Å². The molecule has 0 aliphatic carbocycles. The molecule has 12 heteroatoms. The van der Waals surface area contributed by atoms with Gasteiger partial charge in [-0.15, -0.1) is 0 Å². The lowest BCUT2D eigenvalue weighted by Crippen LogP contribution is -2.44. The molecule has 0 unspecified atom stereocenters. The minimum atomic E-state index is -0.591. The first-order valence-electron chi connectivity index (χ1n) is 33.0. The van der Waals surface area contributed by atoms with Crippen LogP contribution in [-0.2, 0) is 0 Å². The Balaban J connectivity index is 1.13. The van der Waals surface area contributed by atoms with E-state index >= 15 is 33.6 Å². The zero-order valence-corrected chi connectivity index (χ0v) is 53.5. The molecule has 0 fully saturated rings. The number of nitrogens with zero attached hydrogens (tertiary/aromatic N) is 4. The number of imide groups is 4. The maximum atomic E-state index is 16.3. The van der Waals surface area contributed by atoms with E-state index in [-0.39, 0.29) is 86.5 Å². The van der Waals surface area contributed by atoms with Gasteiger partial charge >= 0.3 is 0 Å². The fourth-order valence-corrected chi connectivity index (χ4v) is 15.3. The van der Waals surface area contributed by atoms with Crippen LogP contribution in [0.3, 0.4) is 0 Å². The summed E-state index contributed by atoms with van der Waals surface area (Å²) < 4.78 is 0. The molecule has 0 saturated heterocycles. The highest BCUT2D eigenvalue weighted by Gasteiger charge is 2.45. The first-order valence-corrected chi connectivity index (χ1v) is 33.0. The smallest absolute Gasteiger partial charge is 0.266 e. The molecule has 4 aliphatic heterocycles. The van der Waals surface area contributed by atoms with Gasteiger partial charge in [-0.25, -0.2) is 9.80 Å². The molecule has 458 valence electrons. The summed E-state index contributed by atoms with van der Waals surface area (Å²) in [6.45, 7) is 21.0. The van der Waals surface area contributed by atoms with Crippen LogP contribution in [0, 0.1) is 0 Å². The van der Waals surface area contributed by atoms with Gasteiger partial charge in [-0.3, -0.25) is 48.2 Å². The molecule has 0 bridgehead atoms. The Kier molecular flexibility index (Phi) is 15.4. The van der Waals surface area contributed by atoms with Gasteiger partial charge in [0.05, 0.1) is 16.9 Å². The molecule has 8 amide bonds. The Morgan fingerprint density at radius 1 is 0.289 bits per heavy atom. The van der Waals surface area contributed by atoms with Crippen LogP contribution < -0.4 is 9.80 Å². The van der Waals surface area contributed by atoms with Crippen LogP contribution in [0.5, 0.6) is 0 Å². The molecular weight excluding hydrogens is 1120 g/mol. The lowest BCUT2D eigenvalue weighted by Gasteiger charge is -2.35. The van der Waals surface area contributed by atoms with E-state index in [1.165, 1.54) is 19.6 Å². The molecule has 4 aliphatic rings. The number of unbranched alkanes of at least 4 members (excludes halogenated alkanes) is 10. The van der Waals surface area contributed by atoms with Gasteiger partial charge in [0.25, 0.3) is 47.3 Å². The predicted molar refractivity (Wildman–Crippen MR) is 360 cm³/mol. The molecular formula is C78H78N4O8. The quantitative estimate of drug-likeness (QED) is 0.0299. The number of para-hydroxylation sites is 2. The number of benzene rings is 9. The van der Waals surface area contributed by atoms with E-state index in [1.54, 1.807) is 42.5 Å². The summed E-state index contributed by atoms with van der Waals surface area (Å²) >= 11 is 0. The van der Waals surface area contributed by atoms with Crippen LogP contribution >= 0.6 is 0 Å². The maximum absolute atomic E-state index is 16.3. The molecule has 13 rings (SSSR count). The van der Waals surface area contributed by atoms with E-state index < -0.39 is 47.3 Å². The second kappa shape index (κ2) is 23.2. The number of amides is 8. The van der Waals surface area contributed by atoms with Crippen LogP contribution in [0.2, 0.25) is 0 Å². The summed E-state index contributed by atoms with van der Waals surface area (Å²) in [5, 5.41) is 4.86. The van der Waals surface area contributed by atoms with Crippen molar-refractivity contribution in [3.63, 3.8) is 0 Å². The number of fused-ring (bicyclic) bond motifs is 2. The van der Waals surface area contributed by atoms with Crippen LogP contribution in [0.25, 0.3) is 65.0 Å². The second-order valence-corrected chi connectivity index (χ2v) is 26.7. The minimum Gasteiger partial charge on any atom is -0.274 e. The van der Waals surface area contributed by atoms with Gasteiger partial charge < -0.3 is 0 Å². The zero-order valence-electron chi connectivity index (χ0n) is 53.5. The first-order chi connectivity index (χ1) is 43.3. The molecule has 12 nitrogen and oxygen atoms in total. The third-order valence-corrected chi connectivity index (χ3v) is 19.8. The van der Waals surface area contributed by atoms with Gasteiger partial charge in [-0.1, -0.05) is 188 Å². The Morgan fingerprint density at radius 2 is 0.622 bits per heavy atom. The van der Waals surface area contributed by atoms with Crippen molar-refractivity contribution in [2.45, 2.75) is 170 Å². The summed E-state index contributed by atoms with van der Waals surface area (Å²) in [7, 11) is 0. The van der Waals surface area contributed by atoms with Gasteiger partial charge in [0.1, 0.15) is 0 Å². The number of anilines is 2. The molecule has 0 spiro atoms. The SMILES string of the molecule is CCCCCCCCN1C(=O)c2ccc3c4c(c(-c5cc6c7c(ccc8c9ccc%10c%11c(ccc(c5c78)c%119)C(=O)N(c5c(C(C)C)cccc5C(C)C)C%10=O)C(=O)N(c5c(C(C)C)cccc5C(C)C)C6=O)cc(c24)C1=O)C(=O)N(CCCCCCCC)C3=O. The average molecular weight is 1200 g/mol. The number of carbonyl (C=O) groups is 8. The number of rotatable bonds is 21. The summed E-state index contributed by atoms with van der Waals surface area (Å²) in [6.07, 6.45) is 11.0. The van der Waals surface area contributed by atoms with Crippen molar-refractivity contribution >= 4 is 112 Å². The lowest BCUT2D eigenvalue weighted by atomic mass is 9.77. The lowest BCUT2D eigenvalue weighted by molar-refractivity contribution is 0.0586.